The average molecular weight is 193 g/mol. The predicted octanol–water partition coefficient (Wildman–Crippen LogP) is 3.03. The molecule has 0 bridgehead atoms. The summed E-state index contributed by atoms with van der Waals surface area (Å²) in [5, 5.41) is 2.13. The third-order valence-electron chi connectivity index (χ3n) is 1.62. The summed E-state index contributed by atoms with van der Waals surface area (Å²) in [5.74, 6) is 0. The SMILES string of the molecule is NCCCC=CSc1ccccc1. The Morgan fingerprint density at radius 1 is 1.23 bits per heavy atom. The Morgan fingerprint density at radius 3 is 2.69 bits per heavy atom. The van der Waals surface area contributed by atoms with Gasteiger partial charge >= 0.3 is 0 Å². The van der Waals surface area contributed by atoms with Crippen molar-refractivity contribution in [3.8, 4) is 0 Å². The van der Waals surface area contributed by atoms with Crippen molar-refractivity contribution in [1.29, 1.82) is 0 Å². The second kappa shape index (κ2) is 6.75. The molecule has 2 N–H and O–H groups in total. The summed E-state index contributed by atoms with van der Waals surface area (Å²) in [6, 6.07) is 10.4. The maximum atomic E-state index is 5.38. The minimum Gasteiger partial charge on any atom is -0.330 e. The van der Waals surface area contributed by atoms with Crippen LogP contribution in [0, 0.1) is 0 Å². The predicted molar refractivity (Wildman–Crippen MR) is 59.7 cm³/mol. The summed E-state index contributed by atoms with van der Waals surface area (Å²) in [6.07, 6.45) is 4.33. The van der Waals surface area contributed by atoms with Gasteiger partial charge in [0.05, 0.1) is 0 Å². The molecule has 0 spiro atoms. The van der Waals surface area contributed by atoms with E-state index in [4.69, 9.17) is 5.73 Å². The van der Waals surface area contributed by atoms with Gasteiger partial charge in [-0.3, -0.25) is 0 Å². The van der Waals surface area contributed by atoms with Gasteiger partial charge in [0.15, 0.2) is 0 Å². The van der Waals surface area contributed by atoms with Gasteiger partial charge in [0, 0.05) is 4.90 Å². The molecule has 1 nitrogen and oxygen atoms in total. The monoisotopic (exact) mass is 193 g/mol. The fraction of sp³-hybridized carbons (Fsp3) is 0.273. The molecule has 0 unspecified atom stereocenters. The molecule has 0 fully saturated rings. The van der Waals surface area contributed by atoms with Crippen LogP contribution in [-0.4, -0.2) is 6.54 Å². The van der Waals surface area contributed by atoms with Crippen LogP contribution >= 0.6 is 11.8 Å². The molecule has 0 saturated carbocycles. The molecule has 0 aliphatic carbocycles. The Morgan fingerprint density at radius 2 is 2.00 bits per heavy atom. The van der Waals surface area contributed by atoms with Crippen molar-refractivity contribution in [2.24, 2.45) is 5.73 Å². The summed E-state index contributed by atoms with van der Waals surface area (Å²) < 4.78 is 0. The average Bonchev–Trinajstić information content (AvgIpc) is 2.19. The van der Waals surface area contributed by atoms with Crippen molar-refractivity contribution >= 4 is 11.8 Å². The summed E-state index contributed by atoms with van der Waals surface area (Å²) in [4.78, 5) is 1.28. The zero-order chi connectivity index (χ0) is 9.36. The van der Waals surface area contributed by atoms with E-state index < -0.39 is 0 Å². The number of unbranched alkanes of at least 4 members (excludes halogenated alkanes) is 1. The smallest absolute Gasteiger partial charge is 0.0116 e. The van der Waals surface area contributed by atoms with Gasteiger partial charge in [0.2, 0.25) is 0 Å². The van der Waals surface area contributed by atoms with Crippen LogP contribution in [-0.2, 0) is 0 Å². The molecule has 13 heavy (non-hydrogen) atoms. The highest BCUT2D eigenvalue weighted by Crippen LogP contribution is 2.18. The van der Waals surface area contributed by atoms with E-state index in [0.717, 1.165) is 19.4 Å². The van der Waals surface area contributed by atoms with E-state index in [1.165, 1.54) is 4.90 Å². The van der Waals surface area contributed by atoms with E-state index in [0.29, 0.717) is 0 Å². The standard InChI is InChI=1S/C11H15NS/c12-9-5-2-6-10-13-11-7-3-1-4-8-11/h1,3-4,6-8,10H,2,5,9,12H2. The quantitative estimate of drug-likeness (QED) is 0.574. The molecule has 1 aromatic rings. The van der Waals surface area contributed by atoms with Crippen LogP contribution in [0.1, 0.15) is 12.8 Å². The number of rotatable bonds is 5. The summed E-state index contributed by atoms with van der Waals surface area (Å²) in [6.45, 7) is 0.778. The molecular weight excluding hydrogens is 178 g/mol. The maximum absolute atomic E-state index is 5.38. The molecule has 1 aromatic carbocycles. The van der Waals surface area contributed by atoms with Crippen molar-refractivity contribution in [3.05, 3.63) is 41.8 Å². The van der Waals surface area contributed by atoms with Crippen molar-refractivity contribution in [2.75, 3.05) is 6.54 Å². The fourth-order valence-corrected chi connectivity index (χ4v) is 1.63. The topological polar surface area (TPSA) is 26.0 Å². The number of hydrogen-bond donors (Lipinski definition) is 1. The molecule has 0 heterocycles. The van der Waals surface area contributed by atoms with Crippen LogP contribution in [0.2, 0.25) is 0 Å². The van der Waals surface area contributed by atoms with Crippen LogP contribution in [0.5, 0.6) is 0 Å². The molecule has 0 aliphatic heterocycles. The minimum absolute atomic E-state index is 0.778. The lowest BCUT2D eigenvalue weighted by molar-refractivity contribution is 0.856. The van der Waals surface area contributed by atoms with Gasteiger partial charge in [-0.2, -0.15) is 0 Å². The van der Waals surface area contributed by atoms with Crippen molar-refractivity contribution in [2.45, 2.75) is 17.7 Å². The first-order chi connectivity index (χ1) is 6.43. The van der Waals surface area contributed by atoms with Crippen molar-refractivity contribution in [3.63, 3.8) is 0 Å². The molecule has 0 radical (unpaired) electrons. The fourth-order valence-electron chi connectivity index (χ4n) is 0.929. The Bertz CT molecular complexity index is 244. The van der Waals surface area contributed by atoms with Gasteiger partial charge in [-0.1, -0.05) is 36.0 Å². The van der Waals surface area contributed by atoms with Crippen LogP contribution in [0.3, 0.4) is 0 Å². The number of benzene rings is 1. The van der Waals surface area contributed by atoms with Gasteiger partial charge in [-0.25, -0.2) is 0 Å². The van der Waals surface area contributed by atoms with E-state index in [1.807, 2.05) is 6.07 Å². The number of thioether (sulfide) groups is 1. The van der Waals surface area contributed by atoms with Gasteiger partial charge in [0.25, 0.3) is 0 Å². The highest BCUT2D eigenvalue weighted by Gasteiger charge is 1.85. The normalized spacial score (nSPS) is 10.8. The highest BCUT2D eigenvalue weighted by atomic mass is 32.2. The van der Waals surface area contributed by atoms with Gasteiger partial charge in [-0.05, 0) is 36.9 Å². The first-order valence-electron chi connectivity index (χ1n) is 4.50. The van der Waals surface area contributed by atoms with Gasteiger partial charge in [0.1, 0.15) is 0 Å². The molecule has 0 saturated heterocycles. The van der Waals surface area contributed by atoms with Crippen LogP contribution in [0.15, 0.2) is 46.7 Å². The van der Waals surface area contributed by atoms with Gasteiger partial charge < -0.3 is 5.73 Å². The second-order valence-electron chi connectivity index (χ2n) is 2.73. The first-order valence-corrected chi connectivity index (χ1v) is 5.38. The Kier molecular flexibility index (Phi) is 5.38. The zero-order valence-electron chi connectivity index (χ0n) is 7.65. The van der Waals surface area contributed by atoms with Crippen molar-refractivity contribution < 1.29 is 0 Å². The lowest BCUT2D eigenvalue weighted by Gasteiger charge is -1.93. The minimum atomic E-state index is 0.778. The number of hydrogen-bond acceptors (Lipinski definition) is 2. The highest BCUT2D eigenvalue weighted by molar-refractivity contribution is 8.02. The zero-order valence-corrected chi connectivity index (χ0v) is 8.46. The molecule has 0 aromatic heterocycles. The number of allylic oxidation sites excluding steroid dienone is 1. The first kappa shape index (κ1) is 10.4. The molecule has 2 heteroatoms. The van der Waals surface area contributed by atoms with Crippen molar-refractivity contribution in [1.82, 2.24) is 0 Å². The van der Waals surface area contributed by atoms with E-state index >= 15 is 0 Å². The van der Waals surface area contributed by atoms with Crippen LogP contribution in [0.25, 0.3) is 0 Å². The van der Waals surface area contributed by atoms with E-state index in [9.17, 15) is 0 Å². The third-order valence-corrected chi connectivity index (χ3v) is 2.49. The van der Waals surface area contributed by atoms with Crippen LogP contribution in [0.4, 0.5) is 0 Å². The molecule has 70 valence electrons. The molecule has 1 rings (SSSR count). The largest absolute Gasteiger partial charge is 0.330 e. The molecule has 0 amide bonds. The lowest BCUT2D eigenvalue weighted by Crippen LogP contribution is -1.96. The summed E-state index contributed by atoms with van der Waals surface area (Å²) in [5.41, 5.74) is 5.38. The Labute approximate surface area is 84.0 Å². The molecule has 0 atom stereocenters. The Hall–Kier alpha value is -0.730. The summed E-state index contributed by atoms with van der Waals surface area (Å²) in [7, 11) is 0. The van der Waals surface area contributed by atoms with E-state index in [1.54, 1.807) is 11.8 Å². The third kappa shape index (κ3) is 4.76. The molecular formula is C11H15NS. The number of nitrogens with two attached hydrogens (primary N) is 1. The lowest BCUT2D eigenvalue weighted by atomic mass is 10.3. The molecule has 0 aliphatic rings. The van der Waals surface area contributed by atoms with Crippen LogP contribution < -0.4 is 5.73 Å². The van der Waals surface area contributed by atoms with E-state index in [-0.39, 0.29) is 0 Å². The van der Waals surface area contributed by atoms with Gasteiger partial charge in [-0.15, -0.1) is 0 Å². The van der Waals surface area contributed by atoms with E-state index in [2.05, 4.69) is 35.7 Å². The Balaban J connectivity index is 2.23. The summed E-state index contributed by atoms with van der Waals surface area (Å²) >= 11 is 1.75. The second-order valence-corrected chi connectivity index (χ2v) is 3.71. The maximum Gasteiger partial charge on any atom is 0.0116 e.